The van der Waals surface area contributed by atoms with Crippen LogP contribution in [0.15, 0.2) is 11.4 Å². The Kier molecular flexibility index (Phi) is 4.81. The molecule has 1 aliphatic heterocycles. The van der Waals surface area contributed by atoms with Crippen LogP contribution in [-0.2, 0) is 9.84 Å². The zero-order chi connectivity index (χ0) is 14.6. The molecule has 20 heavy (non-hydrogen) atoms. The van der Waals surface area contributed by atoms with Crippen molar-refractivity contribution in [1.82, 2.24) is 4.90 Å². The summed E-state index contributed by atoms with van der Waals surface area (Å²) in [5, 5.41) is 10.3. The van der Waals surface area contributed by atoms with Gasteiger partial charge in [0.1, 0.15) is 6.61 Å². The second kappa shape index (κ2) is 6.39. The Balaban J connectivity index is 2.09. The maximum Gasteiger partial charge on any atom is 0.254 e. The zero-order valence-electron chi connectivity index (χ0n) is 10.8. The average Bonchev–Trinajstić information content (AvgIpc) is 2.80. The topological polar surface area (TPSA) is 74.7 Å². The lowest BCUT2D eigenvalue weighted by Gasteiger charge is -2.18. The van der Waals surface area contributed by atoms with Gasteiger partial charge in [-0.05, 0) is 12.5 Å². The molecule has 0 spiro atoms. The van der Waals surface area contributed by atoms with Crippen LogP contribution in [0.5, 0.6) is 0 Å². The summed E-state index contributed by atoms with van der Waals surface area (Å²) < 4.78 is 23.0. The number of hydrogen-bond acceptors (Lipinski definition) is 5. The van der Waals surface area contributed by atoms with Gasteiger partial charge in [-0.15, -0.1) is 11.3 Å². The SMILES string of the molecule is O=C(c1csc(C#CCO)c1)N1CCCS(=O)(=O)CC1. The Morgan fingerprint density at radius 3 is 2.95 bits per heavy atom. The number of carbonyl (C=O) groups is 1. The Hall–Kier alpha value is -1.36. The molecule has 1 aromatic heterocycles. The molecule has 0 aliphatic carbocycles. The van der Waals surface area contributed by atoms with E-state index in [4.69, 9.17) is 5.11 Å². The summed E-state index contributed by atoms with van der Waals surface area (Å²) in [5.74, 6) is 5.30. The molecule has 1 aliphatic rings. The smallest absolute Gasteiger partial charge is 0.254 e. The first-order chi connectivity index (χ1) is 9.52. The van der Waals surface area contributed by atoms with Crippen molar-refractivity contribution in [3.8, 4) is 11.8 Å². The fourth-order valence-corrected chi connectivity index (χ4v) is 3.99. The highest BCUT2D eigenvalue weighted by atomic mass is 32.2. The number of amides is 1. The second-order valence-corrected chi connectivity index (χ2v) is 7.67. The number of aliphatic hydroxyl groups is 1. The first kappa shape index (κ1) is 15.0. The summed E-state index contributed by atoms with van der Waals surface area (Å²) >= 11 is 1.34. The van der Waals surface area contributed by atoms with Crippen molar-refractivity contribution in [3.05, 3.63) is 21.9 Å². The lowest BCUT2D eigenvalue weighted by atomic mass is 10.2. The first-order valence-electron chi connectivity index (χ1n) is 6.20. The van der Waals surface area contributed by atoms with Gasteiger partial charge in [-0.25, -0.2) is 8.42 Å². The van der Waals surface area contributed by atoms with E-state index < -0.39 is 9.84 Å². The van der Waals surface area contributed by atoms with Gasteiger partial charge in [-0.1, -0.05) is 11.8 Å². The molecule has 0 saturated carbocycles. The highest BCUT2D eigenvalue weighted by Crippen LogP contribution is 2.17. The van der Waals surface area contributed by atoms with Crippen LogP contribution in [0.3, 0.4) is 0 Å². The number of carbonyl (C=O) groups excluding carboxylic acids is 1. The van der Waals surface area contributed by atoms with E-state index in [1.54, 1.807) is 16.3 Å². The molecule has 0 radical (unpaired) electrons. The molecular weight excluding hydrogens is 298 g/mol. The average molecular weight is 313 g/mol. The predicted molar refractivity (Wildman–Crippen MR) is 77.5 cm³/mol. The number of hydrogen-bond donors (Lipinski definition) is 1. The van der Waals surface area contributed by atoms with Crippen molar-refractivity contribution in [1.29, 1.82) is 0 Å². The Morgan fingerprint density at radius 1 is 1.40 bits per heavy atom. The second-order valence-electron chi connectivity index (χ2n) is 4.46. The van der Waals surface area contributed by atoms with Crippen molar-refractivity contribution in [2.24, 2.45) is 0 Å². The van der Waals surface area contributed by atoms with Crippen LogP contribution in [0.25, 0.3) is 0 Å². The summed E-state index contributed by atoms with van der Waals surface area (Å²) in [6.45, 7) is 0.491. The van der Waals surface area contributed by atoms with Crippen LogP contribution in [-0.4, -0.2) is 55.5 Å². The number of rotatable bonds is 1. The molecule has 2 heterocycles. The number of nitrogens with zero attached hydrogens (tertiary/aromatic N) is 1. The highest BCUT2D eigenvalue weighted by molar-refractivity contribution is 7.91. The zero-order valence-corrected chi connectivity index (χ0v) is 12.5. The van der Waals surface area contributed by atoms with Gasteiger partial charge in [0.25, 0.3) is 5.91 Å². The van der Waals surface area contributed by atoms with Gasteiger partial charge in [0.15, 0.2) is 9.84 Å². The third-order valence-corrected chi connectivity index (χ3v) is 5.54. The van der Waals surface area contributed by atoms with Gasteiger partial charge in [0, 0.05) is 18.5 Å². The van der Waals surface area contributed by atoms with Crippen LogP contribution in [0.4, 0.5) is 0 Å². The van der Waals surface area contributed by atoms with Gasteiger partial charge >= 0.3 is 0 Å². The molecule has 7 heteroatoms. The van der Waals surface area contributed by atoms with Crippen LogP contribution in [0.2, 0.25) is 0 Å². The minimum absolute atomic E-state index is 0.0278. The van der Waals surface area contributed by atoms with Gasteiger partial charge in [-0.3, -0.25) is 4.79 Å². The minimum atomic E-state index is -3.02. The summed E-state index contributed by atoms with van der Waals surface area (Å²) in [4.78, 5) is 14.6. The molecule has 1 N–H and O–H groups in total. The van der Waals surface area contributed by atoms with Crippen LogP contribution < -0.4 is 0 Å². The highest BCUT2D eigenvalue weighted by Gasteiger charge is 2.23. The maximum atomic E-state index is 12.3. The van der Waals surface area contributed by atoms with E-state index in [1.165, 1.54) is 11.3 Å². The fourth-order valence-electron chi connectivity index (χ4n) is 1.96. The van der Waals surface area contributed by atoms with Crippen molar-refractivity contribution < 1.29 is 18.3 Å². The van der Waals surface area contributed by atoms with Gasteiger partial charge in [0.2, 0.25) is 0 Å². The molecule has 2 rings (SSSR count). The lowest BCUT2D eigenvalue weighted by Crippen LogP contribution is -2.33. The normalized spacial score (nSPS) is 17.9. The van der Waals surface area contributed by atoms with Crippen LogP contribution in [0, 0.1) is 11.8 Å². The van der Waals surface area contributed by atoms with Gasteiger partial charge < -0.3 is 10.0 Å². The van der Waals surface area contributed by atoms with E-state index in [1.807, 2.05) is 0 Å². The van der Waals surface area contributed by atoms with E-state index in [0.717, 1.165) is 0 Å². The van der Waals surface area contributed by atoms with Crippen molar-refractivity contribution >= 4 is 27.1 Å². The van der Waals surface area contributed by atoms with E-state index in [2.05, 4.69) is 11.8 Å². The molecule has 0 atom stereocenters. The van der Waals surface area contributed by atoms with E-state index in [-0.39, 0.29) is 30.6 Å². The minimum Gasteiger partial charge on any atom is -0.384 e. The quantitative estimate of drug-likeness (QED) is 0.759. The fraction of sp³-hybridized carbons (Fsp3) is 0.462. The largest absolute Gasteiger partial charge is 0.384 e. The van der Waals surface area contributed by atoms with Crippen molar-refractivity contribution in [2.75, 3.05) is 31.2 Å². The first-order valence-corrected chi connectivity index (χ1v) is 8.90. The molecule has 108 valence electrons. The molecule has 5 nitrogen and oxygen atoms in total. The third kappa shape index (κ3) is 3.82. The van der Waals surface area contributed by atoms with E-state index in [0.29, 0.717) is 23.4 Å². The monoisotopic (exact) mass is 313 g/mol. The Labute approximate surface area is 122 Å². The number of thiophene rings is 1. The van der Waals surface area contributed by atoms with E-state index >= 15 is 0 Å². The molecule has 0 aromatic carbocycles. The van der Waals surface area contributed by atoms with Crippen LogP contribution >= 0.6 is 11.3 Å². The maximum absolute atomic E-state index is 12.3. The summed E-state index contributed by atoms with van der Waals surface area (Å²) in [6.07, 6.45) is 0.482. The molecule has 0 bridgehead atoms. The van der Waals surface area contributed by atoms with Crippen LogP contribution in [0.1, 0.15) is 21.7 Å². The van der Waals surface area contributed by atoms with Crippen molar-refractivity contribution in [2.45, 2.75) is 6.42 Å². The van der Waals surface area contributed by atoms with Crippen molar-refractivity contribution in [3.63, 3.8) is 0 Å². The molecule has 0 unspecified atom stereocenters. The molecular formula is C13H15NO4S2. The summed E-state index contributed by atoms with van der Waals surface area (Å²) in [7, 11) is -3.02. The Bertz CT molecular complexity index is 651. The van der Waals surface area contributed by atoms with Gasteiger partial charge in [0.05, 0.1) is 21.9 Å². The summed E-state index contributed by atoms with van der Waals surface area (Å²) in [5.41, 5.74) is 0.525. The predicted octanol–water partition coefficient (Wildman–Crippen LogP) is 0.353. The number of sulfone groups is 1. The Morgan fingerprint density at radius 2 is 2.20 bits per heavy atom. The standard InChI is InChI=1S/C13H15NO4S2/c15-6-1-3-12-9-11(10-19-12)13(16)14-4-2-7-20(17,18)8-5-14/h9-10,15H,2,4-8H2. The van der Waals surface area contributed by atoms with E-state index in [9.17, 15) is 13.2 Å². The third-order valence-electron chi connectivity index (χ3n) is 2.98. The molecule has 1 amide bonds. The molecule has 1 fully saturated rings. The summed E-state index contributed by atoms with van der Waals surface area (Å²) in [6, 6.07) is 1.68. The number of aliphatic hydroxyl groups excluding tert-OH is 1. The lowest BCUT2D eigenvalue weighted by molar-refractivity contribution is 0.0769. The van der Waals surface area contributed by atoms with Gasteiger partial charge in [-0.2, -0.15) is 0 Å². The molecule has 1 saturated heterocycles. The molecule has 1 aromatic rings.